The van der Waals surface area contributed by atoms with Crippen LogP contribution in [0.15, 0.2) is 59.5 Å². The lowest BCUT2D eigenvalue weighted by molar-refractivity contribution is -0.115. The number of carbonyl (C=O) groups is 1. The molecule has 2 aromatic heterocycles. The first-order chi connectivity index (χ1) is 13.8. The highest BCUT2D eigenvalue weighted by atomic mass is 32.2. The van der Waals surface area contributed by atoms with Crippen LogP contribution in [0.2, 0.25) is 0 Å². The summed E-state index contributed by atoms with van der Waals surface area (Å²) in [7, 11) is -3.26. The molecule has 2 aromatic carbocycles. The summed E-state index contributed by atoms with van der Waals surface area (Å²) in [6, 6.07) is 15.9. The van der Waals surface area contributed by atoms with Gasteiger partial charge < -0.3 is 5.32 Å². The maximum atomic E-state index is 12.5. The number of amides is 1. The molecule has 1 amide bonds. The zero-order valence-corrected chi connectivity index (χ0v) is 17.4. The van der Waals surface area contributed by atoms with Crippen LogP contribution in [-0.2, 0) is 21.1 Å². The Hall–Kier alpha value is -3.04. The maximum absolute atomic E-state index is 12.5. The first-order valence-electron chi connectivity index (χ1n) is 8.81. The number of aromatic nitrogens is 3. The van der Waals surface area contributed by atoms with E-state index in [1.165, 1.54) is 23.5 Å². The molecule has 29 heavy (non-hydrogen) atoms. The minimum absolute atomic E-state index is 0.119. The number of carbonyl (C=O) groups excluding carboxylic acids is 1. The number of fused-ring (bicyclic) bond motifs is 1. The molecule has 2 heterocycles. The van der Waals surface area contributed by atoms with Gasteiger partial charge in [-0.25, -0.2) is 13.4 Å². The SMILES string of the molecule is Cc1cc(NC(=O)Cc2ccc(S(C)(=O)=O)cc2)n(-c2nc3ccccc3s2)n1. The van der Waals surface area contributed by atoms with Crippen molar-refractivity contribution in [1.29, 1.82) is 0 Å². The molecule has 0 aliphatic carbocycles. The average Bonchev–Trinajstić information content (AvgIpc) is 3.24. The van der Waals surface area contributed by atoms with Crippen molar-refractivity contribution < 1.29 is 13.2 Å². The van der Waals surface area contributed by atoms with E-state index in [0.717, 1.165) is 27.7 Å². The van der Waals surface area contributed by atoms with Gasteiger partial charge in [-0.1, -0.05) is 35.6 Å². The number of benzene rings is 2. The van der Waals surface area contributed by atoms with Crippen LogP contribution in [0.5, 0.6) is 0 Å². The van der Waals surface area contributed by atoms with Gasteiger partial charge in [-0.3, -0.25) is 4.79 Å². The van der Waals surface area contributed by atoms with Gasteiger partial charge in [-0.2, -0.15) is 9.78 Å². The zero-order valence-electron chi connectivity index (χ0n) is 15.8. The summed E-state index contributed by atoms with van der Waals surface area (Å²) >= 11 is 1.49. The number of rotatable bonds is 5. The fraction of sp³-hybridized carbons (Fsp3) is 0.150. The van der Waals surface area contributed by atoms with Crippen molar-refractivity contribution in [2.45, 2.75) is 18.2 Å². The summed E-state index contributed by atoms with van der Waals surface area (Å²) in [5.41, 5.74) is 2.36. The van der Waals surface area contributed by atoms with Crippen LogP contribution in [0.3, 0.4) is 0 Å². The third-order valence-electron chi connectivity index (χ3n) is 4.28. The van der Waals surface area contributed by atoms with Gasteiger partial charge in [-0.15, -0.1) is 0 Å². The maximum Gasteiger partial charge on any atom is 0.229 e. The molecule has 0 fully saturated rings. The molecular formula is C20H18N4O3S2. The van der Waals surface area contributed by atoms with E-state index in [9.17, 15) is 13.2 Å². The Morgan fingerprint density at radius 3 is 2.55 bits per heavy atom. The van der Waals surface area contributed by atoms with E-state index in [1.54, 1.807) is 22.9 Å². The fourth-order valence-electron chi connectivity index (χ4n) is 2.91. The van der Waals surface area contributed by atoms with Crippen LogP contribution >= 0.6 is 11.3 Å². The Morgan fingerprint density at radius 1 is 1.14 bits per heavy atom. The summed E-state index contributed by atoms with van der Waals surface area (Å²) < 4.78 is 25.8. The minimum atomic E-state index is -3.26. The Bertz CT molecular complexity index is 1270. The molecule has 0 saturated carbocycles. The topological polar surface area (TPSA) is 94.0 Å². The summed E-state index contributed by atoms with van der Waals surface area (Å²) in [6.45, 7) is 1.85. The summed E-state index contributed by atoms with van der Waals surface area (Å²) in [6.07, 6.45) is 1.27. The Labute approximate surface area is 171 Å². The molecule has 9 heteroatoms. The lowest BCUT2D eigenvalue weighted by Gasteiger charge is -2.07. The van der Waals surface area contributed by atoms with E-state index >= 15 is 0 Å². The molecule has 0 radical (unpaired) electrons. The lowest BCUT2D eigenvalue weighted by Crippen LogP contribution is -2.17. The van der Waals surface area contributed by atoms with Gasteiger partial charge in [-0.05, 0) is 36.8 Å². The molecule has 4 rings (SSSR count). The van der Waals surface area contributed by atoms with E-state index in [1.807, 2.05) is 31.2 Å². The van der Waals surface area contributed by atoms with E-state index in [4.69, 9.17) is 0 Å². The van der Waals surface area contributed by atoms with Crippen LogP contribution in [0.4, 0.5) is 5.82 Å². The first-order valence-corrected chi connectivity index (χ1v) is 11.5. The third-order valence-corrected chi connectivity index (χ3v) is 6.42. The number of nitrogens with one attached hydrogen (secondary N) is 1. The van der Waals surface area contributed by atoms with Crippen molar-refractivity contribution >= 4 is 43.1 Å². The Morgan fingerprint density at radius 2 is 1.86 bits per heavy atom. The van der Waals surface area contributed by atoms with Crippen molar-refractivity contribution in [2.75, 3.05) is 11.6 Å². The van der Waals surface area contributed by atoms with Crippen LogP contribution in [0, 0.1) is 6.92 Å². The van der Waals surface area contributed by atoms with Crippen molar-refractivity contribution in [2.24, 2.45) is 0 Å². The molecule has 0 spiro atoms. The van der Waals surface area contributed by atoms with Crippen LogP contribution in [-0.4, -0.2) is 35.3 Å². The van der Waals surface area contributed by atoms with Crippen molar-refractivity contribution in [3.8, 4) is 5.13 Å². The van der Waals surface area contributed by atoms with Gasteiger partial charge >= 0.3 is 0 Å². The highest BCUT2D eigenvalue weighted by Crippen LogP contribution is 2.27. The van der Waals surface area contributed by atoms with Crippen molar-refractivity contribution in [3.63, 3.8) is 0 Å². The molecule has 0 aliphatic heterocycles. The molecule has 1 N–H and O–H groups in total. The van der Waals surface area contributed by atoms with E-state index < -0.39 is 9.84 Å². The van der Waals surface area contributed by atoms with Crippen molar-refractivity contribution in [1.82, 2.24) is 14.8 Å². The second-order valence-electron chi connectivity index (χ2n) is 6.69. The minimum Gasteiger partial charge on any atom is -0.310 e. The standard InChI is InChI=1S/C20H18N4O3S2/c1-13-11-18(24(23-13)20-21-16-5-3-4-6-17(16)28-20)22-19(25)12-14-7-9-15(10-8-14)29(2,26)27/h3-11H,12H2,1-2H3,(H,22,25). The molecule has 4 aromatic rings. The molecule has 0 saturated heterocycles. The predicted octanol–water partition coefficient (Wildman–Crippen LogP) is 3.38. The van der Waals surface area contributed by atoms with E-state index in [-0.39, 0.29) is 17.2 Å². The fourth-order valence-corrected chi connectivity index (χ4v) is 4.47. The largest absolute Gasteiger partial charge is 0.310 e. The monoisotopic (exact) mass is 426 g/mol. The number of hydrogen-bond donors (Lipinski definition) is 1. The second-order valence-corrected chi connectivity index (χ2v) is 9.71. The van der Waals surface area contributed by atoms with Gasteiger partial charge in [0.15, 0.2) is 9.84 Å². The lowest BCUT2D eigenvalue weighted by atomic mass is 10.1. The van der Waals surface area contributed by atoms with Crippen LogP contribution in [0.1, 0.15) is 11.3 Å². The number of hydrogen-bond acceptors (Lipinski definition) is 6. The number of sulfone groups is 1. The molecule has 7 nitrogen and oxygen atoms in total. The highest BCUT2D eigenvalue weighted by molar-refractivity contribution is 7.90. The molecular weight excluding hydrogens is 408 g/mol. The highest BCUT2D eigenvalue weighted by Gasteiger charge is 2.15. The van der Waals surface area contributed by atoms with Crippen LogP contribution in [0.25, 0.3) is 15.3 Å². The second kappa shape index (κ2) is 7.41. The zero-order chi connectivity index (χ0) is 20.6. The molecule has 148 valence electrons. The Balaban J connectivity index is 1.54. The van der Waals surface area contributed by atoms with Gasteiger partial charge in [0.2, 0.25) is 11.0 Å². The summed E-state index contributed by atoms with van der Waals surface area (Å²) in [5, 5.41) is 8.01. The molecule has 0 atom stereocenters. The molecule has 0 unspecified atom stereocenters. The normalized spacial score (nSPS) is 11.7. The van der Waals surface area contributed by atoms with Crippen LogP contribution < -0.4 is 5.32 Å². The predicted molar refractivity (Wildman–Crippen MR) is 113 cm³/mol. The smallest absolute Gasteiger partial charge is 0.229 e. The van der Waals surface area contributed by atoms with Gasteiger partial charge in [0, 0.05) is 12.3 Å². The summed E-state index contributed by atoms with van der Waals surface area (Å²) in [4.78, 5) is 17.4. The molecule has 0 bridgehead atoms. The Kier molecular flexibility index (Phi) is 4.93. The number of anilines is 1. The average molecular weight is 427 g/mol. The van der Waals surface area contributed by atoms with E-state index in [0.29, 0.717) is 10.9 Å². The number of aryl methyl sites for hydroxylation is 1. The quantitative estimate of drug-likeness (QED) is 0.528. The van der Waals surface area contributed by atoms with Crippen molar-refractivity contribution in [3.05, 3.63) is 65.9 Å². The third kappa shape index (κ3) is 4.20. The summed E-state index contributed by atoms with van der Waals surface area (Å²) in [5.74, 6) is 0.318. The van der Waals surface area contributed by atoms with Gasteiger partial charge in [0.25, 0.3) is 0 Å². The van der Waals surface area contributed by atoms with E-state index in [2.05, 4.69) is 15.4 Å². The number of para-hydroxylation sites is 1. The molecule has 0 aliphatic rings. The number of nitrogens with zero attached hydrogens (tertiary/aromatic N) is 3. The first kappa shape index (κ1) is 19.3. The van der Waals surface area contributed by atoms with Gasteiger partial charge in [0.1, 0.15) is 5.82 Å². The van der Waals surface area contributed by atoms with Gasteiger partial charge in [0.05, 0.1) is 27.2 Å². The number of thiazole rings is 1.